The second kappa shape index (κ2) is 25.9. The molecule has 7 aliphatic carbocycles. The lowest BCUT2D eigenvalue weighted by atomic mass is 9.53. The fraction of sp³-hybridized carbons (Fsp3) is 0.763. The van der Waals surface area contributed by atoms with Crippen LogP contribution in [0.1, 0.15) is 90.9 Å². The average Bonchev–Trinajstić information content (AvgIpc) is 3.91. The Labute approximate surface area is 409 Å². The Balaban J connectivity index is 0.000000235. The molecule has 0 saturated heterocycles. The van der Waals surface area contributed by atoms with Gasteiger partial charge in [-0.2, -0.15) is 39.3 Å². The summed E-state index contributed by atoms with van der Waals surface area (Å²) in [5, 5.41) is 23.9. The van der Waals surface area contributed by atoms with E-state index in [1.165, 1.54) is 13.8 Å². The van der Waals surface area contributed by atoms with Crippen LogP contribution in [0.2, 0.25) is 0 Å². The third-order valence-electron chi connectivity index (χ3n) is 11.8. The number of alkyl halides is 6. The van der Waals surface area contributed by atoms with Gasteiger partial charge in [0.05, 0.1) is 5.41 Å². The molecule has 6 bridgehead atoms. The van der Waals surface area contributed by atoms with Crippen LogP contribution in [0.5, 0.6) is 0 Å². The van der Waals surface area contributed by atoms with E-state index in [9.17, 15) is 85.3 Å². The van der Waals surface area contributed by atoms with Crippen molar-refractivity contribution in [3.05, 3.63) is 0 Å². The number of fused-ring (bicyclic) bond motifs is 2. The van der Waals surface area contributed by atoms with E-state index in [0.29, 0.717) is 50.9 Å². The lowest BCUT2D eigenvalue weighted by Crippen LogP contribution is -2.57. The fourth-order valence-electron chi connectivity index (χ4n) is 8.83. The summed E-state index contributed by atoms with van der Waals surface area (Å²) in [6, 6.07) is 0. The molecule has 0 radical (unpaired) electrons. The lowest BCUT2D eigenvalue weighted by molar-refractivity contribution is -0.777. The summed E-state index contributed by atoms with van der Waals surface area (Å²) in [7, 11) is 0. The largest absolute Gasteiger partial charge is 0.691 e. The van der Waals surface area contributed by atoms with Crippen molar-refractivity contribution in [2.24, 2.45) is 35.0 Å². The molecule has 0 aliphatic heterocycles. The first-order valence-corrected chi connectivity index (χ1v) is 23.2. The van der Waals surface area contributed by atoms with Crippen molar-refractivity contribution < 1.29 is 142 Å². The molecule has 0 aromatic heterocycles. The van der Waals surface area contributed by atoms with E-state index in [1.54, 1.807) is 0 Å². The maximum Gasteiger partial charge on any atom is 0.415 e. The van der Waals surface area contributed by atoms with E-state index in [2.05, 4.69) is 42.3 Å². The summed E-state index contributed by atoms with van der Waals surface area (Å²) in [6.45, 7) is 0.0172. The second-order valence-electron chi connectivity index (χ2n) is 17.4. The fourth-order valence-corrected chi connectivity index (χ4v) is 9.55. The Bertz CT molecular complexity index is 1950. The Morgan fingerprint density at radius 3 is 1.56 bits per heavy atom. The van der Waals surface area contributed by atoms with Crippen molar-refractivity contribution >= 4 is 89.3 Å². The highest BCUT2D eigenvalue weighted by atomic mass is 32.2. The molecule has 7 saturated carbocycles. The number of rotatable bonds is 22. The van der Waals surface area contributed by atoms with E-state index < -0.39 is 131 Å². The summed E-state index contributed by atoms with van der Waals surface area (Å²) in [5.74, 6) is -9.28. The Morgan fingerprint density at radius 1 is 0.606 bits per heavy atom. The molecule has 7 aliphatic rings. The summed E-state index contributed by atoms with van der Waals surface area (Å²) in [5.41, 5.74) is -2.08. The first kappa shape index (κ1) is 59.7. The second-order valence-corrected chi connectivity index (χ2v) is 19.9. The molecule has 71 heavy (non-hydrogen) atoms. The smallest absolute Gasteiger partial charge is 0.415 e. The summed E-state index contributed by atoms with van der Waals surface area (Å²) in [6.07, 6.45) is 5.70. The molecule has 6 unspecified atom stereocenters. The third kappa shape index (κ3) is 16.8. The maximum atomic E-state index is 13.4. The van der Waals surface area contributed by atoms with Crippen molar-refractivity contribution in [3.63, 3.8) is 0 Å². The topological polar surface area (TPSA) is 334 Å². The van der Waals surface area contributed by atoms with Crippen LogP contribution in [0.3, 0.4) is 0 Å². The van der Waals surface area contributed by atoms with Crippen molar-refractivity contribution in [3.8, 4) is 0 Å². The normalized spacial score (nSPS) is 26.6. The number of hydrogen-bond donors (Lipinski definition) is 0. The van der Waals surface area contributed by atoms with Crippen LogP contribution in [0.25, 0.3) is 0 Å². The van der Waals surface area contributed by atoms with Crippen molar-refractivity contribution in [2.75, 3.05) is 19.8 Å². The zero-order valence-electron chi connectivity index (χ0n) is 36.9. The number of esters is 6. The average molecular weight is 1090 g/mol. The van der Waals surface area contributed by atoms with Gasteiger partial charge in [0.25, 0.3) is 0 Å². The van der Waals surface area contributed by atoms with Crippen LogP contribution in [-0.2, 0) is 99.7 Å². The van der Waals surface area contributed by atoms with Crippen LogP contribution in [0.15, 0.2) is 0 Å². The van der Waals surface area contributed by atoms with E-state index in [-0.39, 0.29) is 47.4 Å². The van der Waals surface area contributed by atoms with E-state index >= 15 is 0 Å². The Hall–Kier alpha value is -3.90. The number of halogens is 6. The maximum absolute atomic E-state index is 13.4. The number of ketones is 3. The van der Waals surface area contributed by atoms with Gasteiger partial charge in [-0.05, 0) is 90.4 Å². The number of carbonyl (C=O) groups is 9. The minimum Gasteiger partial charge on any atom is -0.691 e. The highest BCUT2D eigenvalue weighted by Crippen LogP contribution is 2.56. The molecule has 402 valence electrons. The Morgan fingerprint density at radius 2 is 1.10 bits per heavy atom. The SMILES string of the molecule is CC(C)(COC(=O)C(F)(F)SOO[O-])C(=O)OC12CC3CC(C1)C(=O)C(C3)C2.O=C(COC(=O)C(F)(F)SOO[O-])OC1C(=O)C2CCC1C2.O=C(COC(=O)C(F)(F)SOO[O-])OC1CCCCC1=O. The van der Waals surface area contributed by atoms with Crippen molar-refractivity contribution in [1.29, 1.82) is 0 Å². The van der Waals surface area contributed by atoms with Gasteiger partial charge in [0.15, 0.2) is 37.0 Å². The van der Waals surface area contributed by atoms with Gasteiger partial charge in [0, 0.05) is 30.1 Å². The number of Topliss-reactive ketones (excluding diaryl/α,β-unsaturated/α-hetero) is 3. The summed E-state index contributed by atoms with van der Waals surface area (Å²) in [4.78, 5) is 104. The van der Waals surface area contributed by atoms with Crippen molar-refractivity contribution in [1.82, 2.24) is 0 Å². The van der Waals surface area contributed by atoms with Gasteiger partial charge in [-0.15, -0.1) is 0 Å². The van der Waals surface area contributed by atoms with E-state index in [4.69, 9.17) is 14.2 Å². The molecule has 0 amide bonds. The summed E-state index contributed by atoms with van der Waals surface area (Å²) >= 11 is -2.54. The number of ether oxygens (including phenoxy) is 6. The molecule has 0 spiro atoms. The molecule has 7 rings (SSSR count). The van der Waals surface area contributed by atoms with Gasteiger partial charge >= 0.3 is 51.6 Å². The molecule has 6 atom stereocenters. The van der Waals surface area contributed by atoms with Crippen LogP contribution in [0, 0.1) is 35.0 Å². The van der Waals surface area contributed by atoms with Crippen LogP contribution in [-0.4, -0.2) is 107 Å². The van der Waals surface area contributed by atoms with E-state index in [1.807, 2.05) is 0 Å². The molecular formula is C38H43F6O24S3-3. The predicted octanol–water partition coefficient (Wildman–Crippen LogP) is 1.67. The number of carbonyl (C=O) groups excluding carboxylic acids is 9. The van der Waals surface area contributed by atoms with Gasteiger partial charge in [0.1, 0.15) is 54.1 Å². The summed E-state index contributed by atoms with van der Waals surface area (Å²) < 4.78 is 117. The third-order valence-corrected chi connectivity index (χ3v) is 13.3. The lowest BCUT2D eigenvalue weighted by Gasteiger charge is -2.55. The minimum atomic E-state index is -4.23. The highest BCUT2D eigenvalue weighted by Gasteiger charge is 2.58. The van der Waals surface area contributed by atoms with Gasteiger partial charge in [-0.1, -0.05) is 0 Å². The van der Waals surface area contributed by atoms with Gasteiger partial charge in [0.2, 0.25) is 0 Å². The van der Waals surface area contributed by atoms with Crippen LogP contribution >= 0.6 is 36.1 Å². The minimum absolute atomic E-state index is 0.0586. The number of hydrogen-bond acceptors (Lipinski definition) is 27. The first-order valence-electron chi connectivity index (χ1n) is 21.0. The molecule has 0 N–H and O–H groups in total. The standard InChI is InChI=1S/C17H22F2O8S.C11H12F2O8S.C10H12F2O8S/c1-15(2,8-24-14(22)17(18,19)28-27-26-23)13(21)25-16-5-9-3-10(6-16)12(20)11(4-9)7-16;12-11(13,22-21-20-17)10(16)18-4-7(14)19-9-6-2-1-5(3-6)8(9)15;11-10(12,21-20-19-16)9(15)17-5-8(14)18-7-4-2-1-3-6(7)13/h9-11,23H,3-8H2,1-2H3;5-6,9,17H,1-4H2;7,16H,1-5H2/p-3. The zero-order valence-corrected chi connectivity index (χ0v) is 39.4. The molecule has 24 nitrogen and oxygen atoms in total. The predicted molar refractivity (Wildman–Crippen MR) is 207 cm³/mol. The monoisotopic (exact) mass is 1090 g/mol. The Kier molecular flexibility index (Phi) is 21.7. The quantitative estimate of drug-likeness (QED) is 0.0371. The highest BCUT2D eigenvalue weighted by molar-refractivity contribution is 7.96. The molecular weight excluding hydrogens is 1050 g/mol. The zero-order chi connectivity index (χ0) is 53.0. The molecule has 0 aromatic carbocycles. The van der Waals surface area contributed by atoms with Crippen LogP contribution in [0.4, 0.5) is 26.3 Å². The van der Waals surface area contributed by atoms with Crippen molar-refractivity contribution in [2.45, 2.75) is 124 Å². The van der Waals surface area contributed by atoms with Crippen LogP contribution < -0.4 is 15.8 Å². The van der Waals surface area contributed by atoms with E-state index in [0.717, 1.165) is 25.7 Å². The molecule has 33 heteroatoms. The van der Waals surface area contributed by atoms with Gasteiger partial charge < -0.3 is 44.2 Å². The van der Waals surface area contributed by atoms with Gasteiger partial charge in [-0.3, -0.25) is 34.3 Å². The van der Waals surface area contributed by atoms with Gasteiger partial charge in [-0.25, -0.2) is 24.0 Å². The molecule has 7 fully saturated rings. The first-order chi connectivity index (χ1) is 33.2. The molecule has 0 aromatic rings. The molecule has 0 heterocycles.